The molecule has 1 atom stereocenters. The van der Waals surface area contributed by atoms with Gasteiger partial charge in [-0.05, 0) is 54.2 Å². The molecule has 1 N–H and O–H groups in total. The highest BCUT2D eigenvalue weighted by atomic mass is 16.1. The molecule has 0 aromatic carbocycles. The lowest BCUT2D eigenvalue weighted by Crippen LogP contribution is -2.44. The number of carbonyl (C=O) groups excluding carboxylic acids is 1. The molecule has 4 rings (SSSR count). The van der Waals surface area contributed by atoms with Gasteiger partial charge in [0.1, 0.15) is 0 Å². The largest absolute Gasteiger partial charge is 0.356 e. The highest BCUT2D eigenvalue weighted by molar-refractivity contribution is 5.79. The first-order chi connectivity index (χ1) is 10.8. The summed E-state index contributed by atoms with van der Waals surface area (Å²) in [6.07, 6.45) is 4.46. The van der Waals surface area contributed by atoms with Crippen molar-refractivity contribution in [2.24, 2.45) is 11.8 Å². The number of hydrogen-bond donors (Lipinski definition) is 1. The smallest absolute Gasteiger partial charge is 0.224 e. The van der Waals surface area contributed by atoms with E-state index in [4.69, 9.17) is 0 Å². The molecule has 0 bridgehead atoms. The Bertz CT molecular complexity index is 681. The first-order valence-electron chi connectivity index (χ1n) is 7.88. The molecular weight excluding hydrogens is 282 g/mol. The number of fused-ring (bicyclic) bond motifs is 1. The number of anilines is 1. The highest BCUT2D eigenvalue weighted by Crippen LogP contribution is 2.28. The third kappa shape index (κ3) is 2.72. The fourth-order valence-corrected chi connectivity index (χ4v) is 2.92. The van der Waals surface area contributed by atoms with Crippen LogP contribution in [0.2, 0.25) is 0 Å². The van der Waals surface area contributed by atoms with Crippen molar-refractivity contribution < 1.29 is 4.79 Å². The number of piperidine rings is 1. The van der Waals surface area contributed by atoms with Crippen molar-refractivity contribution in [3.8, 4) is 0 Å². The van der Waals surface area contributed by atoms with Crippen molar-refractivity contribution in [2.45, 2.75) is 25.7 Å². The molecule has 2 aromatic heterocycles. The Morgan fingerprint density at radius 2 is 2.23 bits per heavy atom. The molecule has 1 aliphatic carbocycles. The number of rotatable bonds is 4. The van der Waals surface area contributed by atoms with Gasteiger partial charge in [0.2, 0.25) is 5.91 Å². The van der Waals surface area contributed by atoms with Crippen LogP contribution in [0.5, 0.6) is 0 Å². The predicted octanol–water partition coefficient (Wildman–Crippen LogP) is 0.262. The van der Waals surface area contributed by atoms with Crippen LogP contribution in [0.1, 0.15) is 25.7 Å². The van der Waals surface area contributed by atoms with E-state index in [0.717, 1.165) is 31.7 Å². The second-order valence-corrected chi connectivity index (χ2v) is 6.19. The van der Waals surface area contributed by atoms with Gasteiger partial charge in [0.15, 0.2) is 11.5 Å². The van der Waals surface area contributed by atoms with E-state index in [9.17, 15) is 4.79 Å². The van der Waals surface area contributed by atoms with E-state index in [1.807, 2.05) is 12.1 Å². The summed E-state index contributed by atoms with van der Waals surface area (Å²) in [6.45, 7) is 2.45. The van der Waals surface area contributed by atoms with Crippen molar-refractivity contribution in [1.82, 2.24) is 30.6 Å². The van der Waals surface area contributed by atoms with Crippen LogP contribution in [0.15, 0.2) is 12.1 Å². The lowest BCUT2D eigenvalue weighted by Gasteiger charge is -2.32. The van der Waals surface area contributed by atoms with E-state index < -0.39 is 0 Å². The predicted molar refractivity (Wildman–Crippen MR) is 79.2 cm³/mol. The monoisotopic (exact) mass is 301 g/mol. The van der Waals surface area contributed by atoms with E-state index in [-0.39, 0.29) is 11.8 Å². The Morgan fingerprint density at radius 1 is 1.32 bits per heavy atom. The first kappa shape index (κ1) is 13.4. The van der Waals surface area contributed by atoms with Crippen LogP contribution >= 0.6 is 0 Å². The molecule has 1 aliphatic heterocycles. The molecule has 3 heterocycles. The summed E-state index contributed by atoms with van der Waals surface area (Å²) in [4.78, 5) is 14.4. The fraction of sp³-hybridized carbons (Fsp3) is 0.643. The zero-order valence-corrected chi connectivity index (χ0v) is 12.4. The van der Waals surface area contributed by atoms with Crippen molar-refractivity contribution in [1.29, 1.82) is 0 Å². The Hall–Kier alpha value is -2.25. The summed E-state index contributed by atoms with van der Waals surface area (Å²) in [5, 5.41) is 18.8. The minimum Gasteiger partial charge on any atom is -0.356 e. The number of hydrogen-bond acceptors (Lipinski definition) is 6. The summed E-state index contributed by atoms with van der Waals surface area (Å²) in [7, 11) is 0. The van der Waals surface area contributed by atoms with Crippen LogP contribution in [0.25, 0.3) is 5.65 Å². The average molecular weight is 301 g/mol. The lowest BCUT2D eigenvalue weighted by atomic mass is 9.97. The Balaban J connectivity index is 1.43. The van der Waals surface area contributed by atoms with E-state index in [1.54, 1.807) is 0 Å². The van der Waals surface area contributed by atoms with Gasteiger partial charge < -0.3 is 10.2 Å². The molecule has 8 nitrogen and oxygen atoms in total. The van der Waals surface area contributed by atoms with Crippen LogP contribution < -0.4 is 10.2 Å². The minimum absolute atomic E-state index is 0.0406. The topological polar surface area (TPSA) is 88.3 Å². The van der Waals surface area contributed by atoms with E-state index in [1.165, 1.54) is 17.5 Å². The van der Waals surface area contributed by atoms with Gasteiger partial charge in [-0.15, -0.1) is 14.8 Å². The maximum atomic E-state index is 12.3. The van der Waals surface area contributed by atoms with Gasteiger partial charge in [-0.25, -0.2) is 0 Å². The molecule has 8 heteroatoms. The summed E-state index contributed by atoms with van der Waals surface area (Å²) >= 11 is 0. The molecule has 22 heavy (non-hydrogen) atoms. The molecule has 2 fully saturated rings. The van der Waals surface area contributed by atoms with Gasteiger partial charge in [-0.2, -0.15) is 0 Å². The number of carbonyl (C=O) groups is 1. The van der Waals surface area contributed by atoms with E-state index in [0.29, 0.717) is 18.1 Å². The Labute approximate surface area is 127 Å². The van der Waals surface area contributed by atoms with Crippen LogP contribution in [0.3, 0.4) is 0 Å². The number of nitrogens with zero attached hydrogens (tertiary/aromatic N) is 6. The molecule has 2 aromatic rings. The molecule has 1 saturated heterocycles. The third-order valence-electron chi connectivity index (χ3n) is 4.43. The normalized spacial score (nSPS) is 22.0. The number of amides is 1. The van der Waals surface area contributed by atoms with E-state index >= 15 is 0 Å². The van der Waals surface area contributed by atoms with Gasteiger partial charge in [0, 0.05) is 19.6 Å². The minimum atomic E-state index is 0.0406. The van der Waals surface area contributed by atoms with Gasteiger partial charge in [-0.3, -0.25) is 4.79 Å². The number of nitrogens with one attached hydrogen (secondary N) is 1. The van der Waals surface area contributed by atoms with Crippen molar-refractivity contribution in [3.05, 3.63) is 12.1 Å². The summed E-state index contributed by atoms with van der Waals surface area (Å²) in [5.41, 5.74) is 0.625. The van der Waals surface area contributed by atoms with Crippen molar-refractivity contribution >= 4 is 17.4 Å². The zero-order valence-electron chi connectivity index (χ0n) is 12.4. The first-order valence-corrected chi connectivity index (χ1v) is 7.88. The molecule has 1 amide bonds. The van der Waals surface area contributed by atoms with Gasteiger partial charge >= 0.3 is 0 Å². The molecule has 1 unspecified atom stereocenters. The molecule has 1 saturated carbocycles. The standard InChI is InChI=1S/C14H19N7O/c22-14(15-8-10-3-4-10)11-2-1-7-20(9-11)13-6-5-12-16-18-19-21(12)17-13/h5-6,10-11H,1-4,7-9H2,(H,15,22). The lowest BCUT2D eigenvalue weighted by molar-refractivity contribution is -0.125. The number of tetrazole rings is 1. The molecular formula is C14H19N7O. The van der Waals surface area contributed by atoms with Crippen LogP contribution in [-0.2, 0) is 4.79 Å². The van der Waals surface area contributed by atoms with Crippen LogP contribution in [0.4, 0.5) is 5.82 Å². The summed E-state index contributed by atoms with van der Waals surface area (Å²) < 4.78 is 1.42. The zero-order chi connectivity index (χ0) is 14.9. The SMILES string of the molecule is O=C(NCC1CC1)C1CCCN(c2ccc3nnnn3n2)C1. The fourth-order valence-electron chi connectivity index (χ4n) is 2.92. The third-order valence-corrected chi connectivity index (χ3v) is 4.43. The van der Waals surface area contributed by atoms with Crippen LogP contribution in [0, 0.1) is 11.8 Å². The van der Waals surface area contributed by atoms with Crippen molar-refractivity contribution in [2.75, 3.05) is 24.5 Å². The molecule has 116 valence electrons. The van der Waals surface area contributed by atoms with E-state index in [2.05, 4.69) is 30.8 Å². The number of aromatic nitrogens is 5. The second kappa shape index (κ2) is 5.51. The maximum Gasteiger partial charge on any atom is 0.224 e. The highest BCUT2D eigenvalue weighted by Gasteiger charge is 2.28. The Morgan fingerprint density at radius 3 is 3.09 bits per heavy atom. The quantitative estimate of drug-likeness (QED) is 0.871. The Kier molecular flexibility index (Phi) is 3.36. The average Bonchev–Trinajstić information content (AvgIpc) is 3.27. The van der Waals surface area contributed by atoms with Gasteiger partial charge in [0.25, 0.3) is 0 Å². The maximum absolute atomic E-state index is 12.3. The van der Waals surface area contributed by atoms with Crippen molar-refractivity contribution in [3.63, 3.8) is 0 Å². The molecule has 0 spiro atoms. The van der Waals surface area contributed by atoms with Crippen LogP contribution in [-0.4, -0.2) is 50.8 Å². The van der Waals surface area contributed by atoms with Gasteiger partial charge in [-0.1, -0.05) is 0 Å². The summed E-state index contributed by atoms with van der Waals surface area (Å²) in [6, 6.07) is 3.76. The summed E-state index contributed by atoms with van der Waals surface area (Å²) in [5.74, 6) is 1.76. The molecule has 0 radical (unpaired) electrons. The molecule has 2 aliphatic rings. The second-order valence-electron chi connectivity index (χ2n) is 6.19. The van der Waals surface area contributed by atoms with Gasteiger partial charge in [0.05, 0.1) is 5.92 Å².